The molecule has 0 bridgehead atoms. The fourth-order valence-electron chi connectivity index (χ4n) is 3.37. The highest BCUT2D eigenvalue weighted by atomic mass is 32.2. The molecule has 25 heavy (non-hydrogen) atoms. The van der Waals surface area contributed by atoms with E-state index in [1.807, 2.05) is 53.2 Å². The molecule has 0 N–H and O–H groups in total. The van der Waals surface area contributed by atoms with Gasteiger partial charge < -0.3 is 0 Å². The maximum absolute atomic E-state index is 11.8. The van der Waals surface area contributed by atoms with E-state index in [0.29, 0.717) is 12.8 Å². The molecule has 0 unspecified atom stereocenters. The fraction of sp³-hybridized carbons (Fsp3) is 0.250. The SMILES string of the molecule is O=S1(=O)CCC(n2nc(-c3ccccc3)cc2-c2ccccc2)CC1. The number of sulfone groups is 1. The molecular weight excluding hydrogens is 332 g/mol. The van der Waals surface area contributed by atoms with Crippen LogP contribution in [0.5, 0.6) is 0 Å². The van der Waals surface area contributed by atoms with Crippen LogP contribution in [-0.2, 0) is 9.84 Å². The Morgan fingerprint density at radius 2 is 1.40 bits per heavy atom. The Bertz CT molecular complexity index is 949. The molecule has 1 aromatic heterocycles. The zero-order chi connectivity index (χ0) is 17.3. The van der Waals surface area contributed by atoms with Crippen molar-refractivity contribution in [3.63, 3.8) is 0 Å². The van der Waals surface area contributed by atoms with Crippen LogP contribution in [0.1, 0.15) is 18.9 Å². The van der Waals surface area contributed by atoms with Crippen molar-refractivity contribution in [1.29, 1.82) is 0 Å². The monoisotopic (exact) mass is 352 g/mol. The van der Waals surface area contributed by atoms with Gasteiger partial charge in [-0.05, 0) is 24.5 Å². The van der Waals surface area contributed by atoms with Crippen molar-refractivity contribution in [3.8, 4) is 22.5 Å². The Hall–Kier alpha value is -2.40. The van der Waals surface area contributed by atoms with Gasteiger partial charge in [0.2, 0.25) is 0 Å². The molecule has 0 radical (unpaired) electrons. The first kappa shape index (κ1) is 16.1. The topological polar surface area (TPSA) is 52.0 Å². The second kappa shape index (κ2) is 6.48. The van der Waals surface area contributed by atoms with E-state index >= 15 is 0 Å². The van der Waals surface area contributed by atoms with Crippen LogP contribution >= 0.6 is 0 Å². The first-order valence-corrected chi connectivity index (χ1v) is 10.4. The summed E-state index contributed by atoms with van der Waals surface area (Å²) >= 11 is 0. The predicted molar refractivity (Wildman–Crippen MR) is 100 cm³/mol. The number of benzene rings is 2. The van der Waals surface area contributed by atoms with Crippen molar-refractivity contribution < 1.29 is 8.42 Å². The Morgan fingerprint density at radius 3 is 2.00 bits per heavy atom. The van der Waals surface area contributed by atoms with Crippen molar-refractivity contribution in [2.24, 2.45) is 0 Å². The number of hydrogen-bond acceptors (Lipinski definition) is 3. The van der Waals surface area contributed by atoms with Gasteiger partial charge in [0.1, 0.15) is 9.84 Å². The van der Waals surface area contributed by atoms with Crippen LogP contribution in [0.4, 0.5) is 0 Å². The predicted octanol–water partition coefficient (Wildman–Crippen LogP) is 3.97. The van der Waals surface area contributed by atoms with Gasteiger partial charge in [-0.3, -0.25) is 4.68 Å². The molecule has 4 nitrogen and oxygen atoms in total. The number of hydrogen-bond donors (Lipinski definition) is 0. The molecule has 5 heteroatoms. The zero-order valence-corrected chi connectivity index (χ0v) is 14.7. The lowest BCUT2D eigenvalue weighted by Crippen LogP contribution is -2.26. The first-order chi connectivity index (χ1) is 12.1. The molecule has 1 aliphatic heterocycles. The average molecular weight is 352 g/mol. The lowest BCUT2D eigenvalue weighted by molar-refractivity contribution is 0.418. The molecule has 1 fully saturated rings. The fourth-order valence-corrected chi connectivity index (χ4v) is 4.84. The highest BCUT2D eigenvalue weighted by Gasteiger charge is 2.27. The smallest absolute Gasteiger partial charge is 0.150 e. The quantitative estimate of drug-likeness (QED) is 0.717. The molecule has 3 aromatic rings. The molecule has 1 saturated heterocycles. The van der Waals surface area contributed by atoms with Crippen LogP contribution in [0, 0.1) is 0 Å². The van der Waals surface area contributed by atoms with Crippen LogP contribution in [0.25, 0.3) is 22.5 Å². The second-order valence-corrected chi connectivity index (χ2v) is 8.78. The minimum Gasteiger partial charge on any atom is -0.261 e. The van der Waals surface area contributed by atoms with Crippen molar-refractivity contribution in [1.82, 2.24) is 9.78 Å². The van der Waals surface area contributed by atoms with E-state index in [-0.39, 0.29) is 17.5 Å². The van der Waals surface area contributed by atoms with Crippen molar-refractivity contribution in [2.75, 3.05) is 11.5 Å². The summed E-state index contributed by atoms with van der Waals surface area (Å²) in [5, 5.41) is 4.85. The van der Waals surface area contributed by atoms with Gasteiger partial charge in [0.05, 0.1) is 28.9 Å². The van der Waals surface area contributed by atoms with E-state index in [1.54, 1.807) is 0 Å². The lowest BCUT2D eigenvalue weighted by atomic mass is 10.1. The maximum Gasteiger partial charge on any atom is 0.150 e. The van der Waals surface area contributed by atoms with Gasteiger partial charge in [-0.15, -0.1) is 0 Å². The van der Waals surface area contributed by atoms with Crippen LogP contribution in [0.3, 0.4) is 0 Å². The minimum absolute atomic E-state index is 0.121. The molecule has 0 atom stereocenters. The van der Waals surface area contributed by atoms with E-state index in [9.17, 15) is 8.42 Å². The van der Waals surface area contributed by atoms with Gasteiger partial charge in [0.15, 0.2) is 0 Å². The third kappa shape index (κ3) is 3.37. The van der Waals surface area contributed by atoms with Gasteiger partial charge >= 0.3 is 0 Å². The normalized spacial score (nSPS) is 17.4. The summed E-state index contributed by atoms with van der Waals surface area (Å²) in [5.41, 5.74) is 4.14. The Balaban J connectivity index is 1.78. The van der Waals surface area contributed by atoms with Crippen molar-refractivity contribution in [3.05, 3.63) is 66.7 Å². The number of rotatable bonds is 3. The minimum atomic E-state index is -2.89. The molecular formula is C20H20N2O2S. The number of aromatic nitrogens is 2. The first-order valence-electron chi connectivity index (χ1n) is 8.53. The third-order valence-electron chi connectivity index (χ3n) is 4.74. The summed E-state index contributed by atoms with van der Waals surface area (Å²) in [5.74, 6) is 0.485. The highest BCUT2D eigenvalue weighted by Crippen LogP contribution is 2.32. The molecule has 128 valence electrons. The molecule has 0 aliphatic carbocycles. The molecule has 0 spiro atoms. The highest BCUT2D eigenvalue weighted by molar-refractivity contribution is 7.91. The molecule has 0 saturated carbocycles. The van der Waals surface area contributed by atoms with Crippen molar-refractivity contribution in [2.45, 2.75) is 18.9 Å². The second-order valence-electron chi connectivity index (χ2n) is 6.47. The van der Waals surface area contributed by atoms with Gasteiger partial charge in [-0.25, -0.2) is 8.42 Å². The Kier molecular flexibility index (Phi) is 4.17. The molecule has 0 amide bonds. The number of nitrogens with zero attached hydrogens (tertiary/aromatic N) is 2. The lowest BCUT2D eigenvalue weighted by Gasteiger charge is -2.24. The summed E-state index contributed by atoms with van der Waals surface area (Å²) < 4.78 is 25.6. The summed E-state index contributed by atoms with van der Waals surface area (Å²) in [6.07, 6.45) is 1.25. The molecule has 2 aromatic carbocycles. The van der Waals surface area contributed by atoms with Gasteiger partial charge in [-0.2, -0.15) is 5.10 Å². The average Bonchev–Trinajstić information content (AvgIpc) is 3.08. The summed E-state index contributed by atoms with van der Waals surface area (Å²) in [4.78, 5) is 0. The standard InChI is InChI=1S/C20H20N2O2S/c23-25(24)13-11-18(12-14-25)22-20(17-9-5-2-6-10-17)15-19(21-22)16-7-3-1-4-8-16/h1-10,15,18H,11-14H2. The van der Waals surface area contributed by atoms with E-state index in [1.165, 1.54) is 0 Å². The molecule has 1 aliphatic rings. The summed E-state index contributed by atoms with van der Waals surface area (Å²) in [6.45, 7) is 0. The summed E-state index contributed by atoms with van der Waals surface area (Å²) in [7, 11) is -2.89. The zero-order valence-electron chi connectivity index (χ0n) is 13.9. The van der Waals surface area contributed by atoms with Crippen LogP contribution < -0.4 is 0 Å². The third-order valence-corrected chi connectivity index (χ3v) is 6.46. The van der Waals surface area contributed by atoms with E-state index in [4.69, 9.17) is 5.10 Å². The van der Waals surface area contributed by atoms with Crippen LogP contribution in [-0.4, -0.2) is 29.7 Å². The molecule has 2 heterocycles. The van der Waals surface area contributed by atoms with E-state index in [2.05, 4.69) is 18.2 Å². The van der Waals surface area contributed by atoms with Gasteiger partial charge in [0.25, 0.3) is 0 Å². The van der Waals surface area contributed by atoms with Crippen LogP contribution in [0.2, 0.25) is 0 Å². The largest absolute Gasteiger partial charge is 0.261 e. The van der Waals surface area contributed by atoms with E-state index < -0.39 is 9.84 Å². The maximum atomic E-state index is 11.8. The molecule has 4 rings (SSSR count). The van der Waals surface area contributed by atoms with Gasteiger partial charge in [-0.1, -0.05) is 60.7 Å². The Morgan fingerprint density at radius 1 is 0.840 bits per heavy atom. The Labute approximate surface area is 148 Å². The van der Waals surface area contributed by atoms with Gasteiger partial charge in [0, 0.05) is 5.56 Å². The van der Waals surface area contributed by atoms with Crippen molar-refractivity contribution >= 4 is 9.84 Å². The summed E-state index contributed by atoms with van der Waals surface area (Å²) in [6, 6.07) is 22.5. The van der Waals surface area contributed by atoms with E-state index in [0.717, 1.165) is 22.5 Å². The van der Waals surface area contributed by atoms with Crippen LogP contribution in [0.15, 0.2) is 66.7 Å².